The second-order valence-electron chi connectivity index (χ2n) is 7.93. The summed E-state index contributed by atoms with van der Waals surface area (Å²) >= 11 is 0. The van der Waals surface area contributed by atoms with Crippen molar-refractivity contribution in [2.75, 3.05) is 20.3 Å². The molecule has 3 aromatic rings. The van der Waals surface area contributed by atoms with Crippen LogP contribution in [0.3, 0.4) is 0 Å². The quantitative estimate of drug-likeness (QED) is 0.629. The van der Waals surface area contributed by atoms with Crippen LogP contribution in [0, 0.1) is 5.92 Å². The van der Waals surface area contributed by atoms with Crippen LogP contribution in [-0.4, -0.2) is 55.7 Å². The Bertz CT molecular complexity index is 989. The Morgan fingerprint density at radius 1 is 1.31 bits per heavy atom. The molecule has 0 bridgehead atoms. The van der Waals surface area contributed by atoms with Crippen LogP contribution in [0.4, 0.5) is 0 Å². The summed E-state index contributed by atoms with van der Waals surface area (Å²) in [6.45, 7) is 5.95. The second kappa shape index (κ2) is 8.28. The number of aromatic nitrogens is 5. The van der Waals surface area contributed by atoms with Crippen molar-refractivity contribution in [3.05, 3.63) is 35.9 Å². The smallest absolute Gasteiger partial charge is 0.255 e. The van der Waals surface area contributed by atoms with Crippen molar-refractivity contribution in [2.24, 2.45) is 5.92 Å². The Kier molecular flexibility index (Phi) is 5.57. The van der Waals surface area contributed by atoms with Crippen LogP contribution in [0.25, 0.3) is 11.2 Å². The standard InChI is InChI=1S/C20H26N6O3/c1-13(2)8-18-23-17(24-29-18)11-25(3)20(27)14-9-16-19(21-10-14)26(12-22-16)15-4-6-28-7-5-15/h9-10,12-13,15H,4-8,11H2,1-3H3. The number of amides is 1. The van der Waals surface area contributed by atoms with Crippen molar-refractivity contribution in [1.29, 1.82) is 0 Å². The number of nitrogens with zero attached hydrogens (tertiary/aromatic N) is 6. The topological polar surface area (TPSA) is 99.2 Å². The van der Waals surface area contributed by atoms with Crippen LogP contribution in [0.2, 0.25) is 0 Å². The fourth-order valence-corrected chi connectivity index (χ4v) is 3.56. The molecule has 1 aliphatic rings. The molecule has 1 amide bonds. The lowest BCUT2D eigenvalue weighted by molar-refractivity contribution is 0.0704. The normalized spacial score (nSPS) is 15.3. The third kappa shape index (κ3) is 4.29. The summed E-state index contributed by atoms with van der Waals surface area (Å²) in [7, 11) is 1.71. The third-order valence-corrected chi connectivity index (χ3v) is 5.06. The van der Waals surface area contributed by atoms with Crippen LogP contribution in [0.15, 0.2) is 23.1 Å². The van der Waals surface area contributed by atoms with Gasteiger partial charge in [-0.15, -0.1) is 0 Å². The second-order valence-corrected chi connectivity index (χ2v) is 7.93. The lowest BCUT2D eigenvalue weighted by atomic mass is 10.1. The number of carbonyl (C=O) groups excluding carboxylic acids is 1. The van der Waals surface area contributed by atoms with Gasteiger partial charge in [-0.1, -0.05) is 19.0 Å². The highest BCUT2D eigenvalue weighted by Crippen LogP contribution is 2.25. The van der Waals surface area contributed by atoms with Gasteiger partial charge in [0.15, 0.2) is 11.5 Å². The van der Waals surface area contributed by atoms with E-state index in [0.717, 1.165) is 43.6 Å². The Labute approximate surface area is 169 Å². The summed E-state index contributed by atoms with van der Waals surface area (Å²) in [5.74, 6) is 1.36. The van der Waals surface area contributed by atoms with Gasteiger partial charge in [0, 0.05) is 38.9 Å². The molecule has 0 atom stereocenters. The summed E-state index contributed by atoms with van der Waals surface area (Å²) in [6, 6.07) is 2.13. The SMILES string of the molecule is CC(C)Cc1nc(CN(C)C(=O)c2cnc3c(c2)ncn3C2CCOCC2)no1. The van der Waals surface area contributed by atoms with E-state index in [9.17, 15) is 4.79 Å². The predicted octanol–water partition coefficient (Wildman–Crippen LogP) is 2.64. The molecule has 1 aliphatic heterocycles. The molecule has 1 fully saturated rings. The average Bonchev–Trinajstić information content (AvgIpc) is 3.33. The van der Waals surface area contributed by atoms with Gasteiger partial charge in [0.05, 0.1) is 18.4 Å². The molecule has 0 aliphatic carbocycles. The Morgan fingerprint density at radius 2 is 2.10 bits per heavy atom. The molecule has 154 valence electrons. The Hall–Kier alpha value is -2.81. The van der Waals surface area contributed by atoms with Gasteiger partial charge in [-0.3, -0.25) is 4.79 Å². The molecular formula is C20H26N6O3. The summed E-state index contributed by atoms with van der Waals surface area (Å²) in [4.78, 5) is 27.7. The first-order chi connectivity index (χ1) is 14.0. The van der Waals surface area contributed by atoms with Gasteiger partial charge in [0.2, 0.25) is 5.89 Å². The van der Waals surface area contributed by atoms with Crippen molar-refractivity contribution < 1.29 is 14.1 Å². The highest BCUT2D eigenvalue weighted by molar-refractivity contribution is 5.96. The highest BCUT2D eigenvalue weighted by atomic mass is 16.5. The molecule has 0 radical (unpaired) electrons. The van der Waals surface area contributed by atoms with E-state index in [0.29, 0.717) is 29.2 Å². The molecular weight excluding hydrogens is 372 g/mol. The molecule has 0 N–H and O–H groups in total. The number of ether oxygens (including phenoxy) is 1. The highest BCUT2D eigenvalue weighted by Gasteiger charge is 2.21. The van der Waals surface area contributed by atoms with E-state index >= 15 is 0 Å². The van der Waals surface area contributed by atoms with Gasteiger partial charge in [-0.2, -0.15) is 4.98 Å². The van der Waals surface area contributed by atoms with E-state index in [1.807, 2.05) is 0 Å². The number of imidazole rings is 1. The molecule has 0 unspecified atom stereocenters. The minimum atomic E-state index is -0.157. The zero-order chi connectivity index (χ0) is 20.4. The maximum absolute atomic E-state index is 12.8. The molecule has 9 heteroatoms. The molecule has 0 saturated carbocycles. The van der Waals surface area contributed by atoms with Gasteiger partial charge in [-0.25, -0.2) is 9.97 Å². The third-order valence-electron chi connectivity index (χ3n) is 5.06. The number of pyridine rings is 1. The van der Waals surface area contributed by atoms with Crippen molar-refractivity contribution >= 4 is 17.1 Å². The van der Waals surface area contributed by atoms with Crippen LogP contribution >= 0.6 is 0 Å². The largest absolute Gasteiger partial charge is 0.381 e. The van der Waals surface area contributed by atoms with E-state index in [4.69, 9.17) is 9.26 Å². The summed E-state index contributed by atoms with van der Waals surface area (Å²) in [5.41, 5.74) is 2.00. The van der Waals surface area contributed by atoms with Crippen LogP contribution in [-0.2, 0) is 17.7 Å². The molecule has 1 saturated heterocycles. The zero-order valence-electron chi connectivity index (χ0n) is 17.0. The number of carbonyl (C=O) groups is 1. The number of hydrogen-bond donors (Lipinski definition) is 0. The van der Waals surface area contributed by atoms with E-state index < -0.39 is 0 Å². The van der Waals surface area contributed by atoms with Crippen molar-refractivity contribution in [3.8, 4) is 0 Å². The lowest BCUT2D eigenvalue weighted by Crippen LogP contribution is -2.27. The van der Waals surface area contributed by atoms with Crippen LogP contribution in [0.5, 0.6) is 0 Å². The van der Waals surface area contributed by atoms with Crippen molar-refractivity contribution in [1.82, 2.24) is 29.6 Å². The maximum Gasteiger partial charge on any atom is 0.255 e. The summed E-state index contributed by atoms with van der Waals surface area (Å²) in [6.07, 6.45) is 6.03. The van der Waals surface area contributed by atoms with Gasteiger partial charge < -0.3 is 18.7 Å². The Balaban J connectivity index is 1.47. The van der Waals surface area contributed by atoms with E-state index in [2.05, 4.69) is 38.5 Å². The first kappa shape index (κ1) is 19.5. The zero-order valence-corrected chi connectivity index (χ0v) is 17.0. The Morgan fingerprint density at radius 3 is 2.86 bits per heavy atom. The minimum absolute atomic E-state index is 0.157. The van der Waals surface area contributed by atoms with Gasteiger partial charge in [0.1, 0.15) is 5.52 Å². The fourth-order valence-electron chi connectivity index (χ4n) is 3.56. The van der Waals surface area contributed by atoms with Crippen LogP contribution < -0.4 is 0 Å². The average molecular weight is 398 g/mol. The number of hydrogen-bond acceptors (Lipinski definition) is 7. The van der Waals surface area contributed by atoms with E-state index in [1.165, 1.54) is 0 Å². The molecule has 4 rings (SSSR count). The van der Waals surface area contributed by atoms with E-state index in [-0.39, 0.29) is 12.5 Å². The molecule has 9 nitrogen and oxygen atoms in total. The first-order valence-electron chi connectivity index (χ1n) is 9.98. The van der Waals surface area contributed by atoms with Gasteiger partial charge in [-0.05, 0) is 24.8 Å². The molecule has 29 heavy (non-hydrogen) atoms. The monoisotopic (exact) mass is 398 g/mol. The fraction of sp³-hybridized carbons (Fsp3) is 0.550. The lowest BCUT2D eigenvalue weighted by Gasteiger charge is -2.23. The predicted molar refractivity (Wildman–Crippen MR) is 105 cm³/mol. The molecule has 0 aromatic carbocycles. The van der Waals surface area contributed by atoms with E-state index in [1.54, 1.807) is 30.5 Å². The minimum Gasteiger partial charge on any atom is -0.381 e. The van der Waals surface area contributed by atoms with Gasteiger partial charge >= 0.3 is 0 Å². The molecule has 3 aromatic heterocycles. The maximum atomic E-state index is 12.8. The van der Waals surface area contributed by atoms with Crippen molar-refractivity contribution in [2.45, 2.75) is 45.7 Å². The summed E-state index contributed by atoms with van der Waals surface area (Å²) in [5, 5.41) is 3.97. The van der Waals surface area contributed by atoms with Gasteiger partial charge in [0.25, 0.3) is 5.91 Å². The molecule has 0 spiro atoms. The first-order valence-corrected chi connectivity index (χ1v) is 9.98. The number of fused-ring (bicyclic) bond motifs is 1. The number of rotatable bonds is 6. The van der Waals surface area contributed by atoms with Crippen molar-refractivity contribution in [3.63, 3.8) is 0 Å². The summed E-state index contributed by atoms with van der Waals surface area (Å²) < 4.78 is 12.8. The van der Waals surface area contributed by atoms with Crippen LogP contribution in [0.1, 0.15) is 54.8 Å². The molecule has 4 heterocycles.